The molecular weight excluding hydrogens is 230 g/mol. The Morgan fingerprint density at radius 3 is 2.94 bits per heavy atom. The number of carbonyl (C=O) groups excluding carboxylic acids is 1. The van der Waals surface area contributed by atoms with Crippen LogP contribution in [-0.4, -0.2) is 22.3 Å². The van der Waals surface area contributed by atoms with Gasteiger partial charge in [-0.25, -0.2) is 4.79 Å². The molecule has 0 radical (unpaired) electrons. The molecule has 92 valence electrons. The van der Waals surface area contributed by atoms with Gasteiger partial charge >= 0.3 is 5.97 Å². The highest BCUT2D eigenvalue weighted by molar-refractivity contribution is 5.97. The molecule has 1 aromatic carbocycles. The van der Waals surface area contributed by atoms with Crippen LogP contribution in [-0.2, 0) is 11.2 Å². The molecule has 5 nitrogen and oxygen atoms in total. The maximum Gasteiger partial charge on any atom is 0.344 e. The van der Waals surface area contributed by atoms with Gasteiger partial charge in [0.1, 0.15) is 11.7 Å². The Morgan fingerprint density at radius 2 is 2.17 bits per heavy atom. The Morgan fingerprint density at radius 1 is 1.39 bits per heavy atom. The van der Waals surface area contributed by atoms with E-state index in [0.717, 1.165) is 11.4 Å². The molecule has 0 fully saturated rings. The molecule has 0 bridgehead atoms. The number of rotatable bonds is 2. The third-order valence-corrected chi connectivity index (χ3v) is 2.88. The Labute approximate surface area is 104 Å². The van der Waals surface area contributed by atoms with Crippen LogP contribution >= 0.6 is 0 Å². The number of H-pyrrole nitrogens is 1. The van der Waals surface area contributed by atoms with Crippen LogP contribution in [0.15, 0.2) is 30.3 Å². The van der Waals surface area contributed by atoms with E-state index >= 15 is 0 Å². The highest BCUT2D eigenvalue weighted by Gasteiger charge is 2.29. The van der Waals surface area contributed by atoms with Crippen LogP contribution in [0.1, 0.15) is 23.0 Å². The summed E-state index contributed by atoms with van der Waals surface area (Å²) in [7, 11) is 0. The average Bonchev–Trinajstić information content (AvgIpc) is 2.73. The summed E-state index contributed by atoms with van der Waals surface area (Å²) in [5.74, 6) is 0.198. The lowest BCUT2D eigenvalue weighted by Crippen LogP contribution is -2.25. The van der Waals surface area contributed by atoms with Crippen molar-refractivity contribution in [2.24, 2.45) is 0 Å². The molecule has 3 rings (SSSR count). The Bertz CT molecular complexity index is 577. The van der Waals surface area contributed by atoms with Crippen LogP contribution in [0.2, 0.25) is 0 Å². The molecule has 5 heteroatoms. The first-order chi connectivity index (χ1) is 8.74. The van der Waals surface area contributed by atoms with Gasteiger partial charge in [-0.3, -0.25) is 5.10 Å². The van der Waals surface area contributed by atoms with Crippen LogP contribution in [0, 0.1) is 0 Å². The van der Waals surface area contributed by atoms with Gasteiger partial charge in [0.15, 0.2) is 5.82 Å². The van der Waals surface area contributed by atoms with Gasteiger partial charge in [-0.15, -0.1) is 0 Å². The number of cyclic esters (lactones) is 1. The van der Waals surface area contributed by atoms with Gasteiger partial charge < -0.3 is 10.1 Å². The van der Waals surface area contributed by atoms with Gasteiger partial charge in [0, 0.05) is 12.1 Å². The van der Waals surface area contributed by atoms with Crippen molar-refractivity contribution in [1.82, 2.24) is 10.2 Å². The van der Waals surface area contributed by atoms with Crippen LogP contribution in [0.4, 0.5) is 11.5 Å². The van der Waals surface area contributed by atoms with Gasteiger partial charge in [0.25, 0.3) is 0 Å². The van der Waals surface area contributed by atoms with Gasteiger partial charge in [-0.2, -0.15) is 5.10 Å². The molecule has 1 aromatic heterocycles. The fraction of sp³-hybridized carbons (Fsp3) is 0.231. The predicted octanol–water partition coefficient (Wildman–Crippen LogP) is 2.25. The van der Waals surface area contributed by atoms with E-state index in [1.807, 2.05) is 37.3 Å². The number of para-hydroxylation sites is 1. The molecule has 1 unspecified atom stereocenters. The minimum absolute atomic E-state index is 0.102. The first-order valence-corrected chi connectivity index (χ1v) is 5.84. The monoisotopic (exact) mass is 243 g/mol. The van der Waals surface area contributed by atoms with E-state index < -0.39 is 0 Å². The van der Waals surface area contributed by atoms with E-state index in [2.05, 4.69) is 15.5 Å². The highest BCUT2D eigenvalue weighted by atomic mass is 16.5. The minimum atomic E-state index is -0.323. The van der Waals surface area contributed by atoms with Crippen molar-refractivity contribution in [2.45, 2.75) is 19.4 Å². The zero-order valence-corrected chi connectivity index (χ0v) is 9.93. The number of aromatic nitrogens is 2. The van der Waals surface area contributed by atoms with Crippen molar-refractivity contribution in [1.29, 1.82) is 0 Å². The van der Waals surface area contributed by atoms with E-state index in [1.165, 1.54) is 0 Å². The second-order valence-electron chi connectivity index (χ2n) is 4.34. The van der Waals surface area contributed by atoms with E-state index in [-0.39, 0.29) is 12.1 Å². The average molecular weight is 243 g/mol. The largest absolute Gasteiger partial charge is 0.459 e. The van der Waals surface area contributed by atoms with Crippen molar-refractivity contribution in [2.75, 3.05) is 5.32 Å². The van der Waals surface area contributed by atoms with Gasteiger partial charge in [0.2, 0.25) is 0 Å². The van der Waals surface area contributed by atoms with Crippen LogP contribution in [0.25, 0.3) is 0 Å². The van der Waals surface area contributed by atoms with Crippen molar-refractivity contribution >= 4 is 17.5 Å². The molecule has 0 saturated heterocycles. The smallest absolute Gasteiger partial charge is 0.344 e. The van der Waals surface area contributed by atoms with Crippen molar-refractivity contribution < 1.29 is 9.53 Å². The van der Waals surface area contributed by atoms with Gasteiger partial charge in [-0.1, -0.05) is 18.2 Å². The zero-order chi connectivity index (χ0) is 12.5. The molecule has 1 atom stereocenters. The number of esters is 1. The number of hydrogen-bond acceptors (Lipinski definition) is 4. The van der Waals surface area contributed by atoms with Crippen LogP contribution in [0.3, 0.4) is 0 Å². The third kappa shape index (κ3) is 1.84. The summed E-state index contributed by atoms with van der Waals surface area (Å²) in [6.45, 7) is 1.87. The molecule has 2 heterocycles. The fourth-order valence-electron chi connectivity index (χ4n) is 2.07. The molecule has 18 heavy (non-hydrogen) atoms. The van der Waals surface area contributed by atoms with E-state index in [4.69, 9.17) is 4.74 Å². The number of benzene rings is 1. The topological polar surface area (TPSA) is 67.0 Å². The molecule has 2 aromatic rings. The van der Waals surface area contributed by atoms with Crippen LogP contribution in [0.5, 0.6) is 0 Å². The maximum absolute atomic E-state index is 11.8. The van der Waals surface area contributed by atoms with Gasteiger partial charge in [-0.05, 0) is 19.1 Å². The minimum Gasteiger partial charge on any atom is -0.459 e. The number of aromatic amines is 1. The van der Waals surface area contributed by atoms with Gasteiger partial charge in [0.05, 0.1) is 5.69 Å². The summed E-state index contributed by atoms with van der Waals surface area (Å²) >= 11 is 0. The number of ether oxygens (including phenoxy) is 1. The highest BCUT2D eigenvalue weighted by Crippen LogP contribution is 2.27. The first-order valence-electron chi connectivity index (χ1n) is 5.84. The summed E-state index contributed by atoms with van der Waals surface area (Å²) in [6.07, 6.45) is 0.569. The lowest BCUT2D eigenvalue weighted by atomic mass is 10.1. The summed E-state index contributed by atoms with van der Waals surface area (Å²) < 4.78 is 5.21. The zero-order valence-electron chi connectivity index (χ0n) is 9.93. The fourth-order valence-corrected chi connectivity index (χ4v) is 2.07. The second-order valence-corrected chi connectivity index (χ2v) is 4.34. The number of nitrogens with one attached hydrogen (secondary N) is 2. The molecule has 1 aliphatic rings. The Balaban J connectivity index is 1.93. The standard InChI is InChI=1S/C13H13N3O2/c1-8-7-10-11(13(17)18-8)12(16-15-10)14-9-5-3-2-4-6-9/h2-6,8H,7H2,1H3,(H2,14,15,16). The van der Waals surface area contributed by atoms with Crippen molar-refractivity contribution in [3.63, 3.8) is 0 Å². The van der Waals surface area contributed by atoms with Crippen LogP contribution < -0.4 is 5.32 Å². The van der Waals surface area contributed by atoms with E-state index in [9.17, 15) is 4.79 Å². The van der Waals surface area contributed by atoms with E-state index in [1.54, 1.807) is 0 Å². The normalized spacial score (nSPS) is 18.1. The number of hydrogen-bond donors (Lipinski definition) is 2. The summed E-state index contributed by atoms with van der Waals surface area (Å²) in [5, 5.41) is 10.1. The summed E-state index contributed by atoms with van der Waals surface area (Å²) in [5.41, 5.74) is 2.23. The van der Waals surface area contributed by atoms with Crippen molar-refractivity contribution in [3.05, 3.63) is 41.6 Å². The second kappa shape index (κ2) is 4.18. The van der Waals surface area contributed by atoms with Crippen molar-refractivity contribution in [3.8, 4) is 0 Å². The summed E-state index contributed by atoms with van der Waals surface area (Å²) in [6, 6.07) is 9.60. The maximum atomic E-state index is 11.8. The first kappa shape index (κ1) is 10.8. The molecule has 2 N–H and O–H groups in total. The number of anilines is 2. The number of nitrogens with zero attached hydrogens (tertiary/aromatic N) is 1. The Hall–Kier alpha value is -2.30. The lowest BCUT2D eigenvalue weighted by molar-refractivity contribution is 0.0301. The summed E-state index contributed by atoms with van der Waals surface area (Å²) in [4.78, 5) is 11.8. The molecule has 0 amide bonds. The quantitative estimate of drug-likeness (QED) is 0.794. The number of carbonyl (C=O) groups is 1. The third-order valence-electron chi connectivity index (χ3n) is 2.88. The molecule has 1 aliphatic heterocycles. The molecule has 0 saturated carbocycles. The molecule has 0 aliphatic carbocycles. The Kier molecular flexibility index (Phi) is 2.51. The SMILES string of the molecule is CC1Cc2[nH]nc(Nc3ccccc3)c2C(=O)O1. The lowest BCUT2D eigenvalue weighted by Gasteiger charge is -2.18. The molecule has 0 spiro atoms. The molecular formula is C13H13N3O2. The van der Waals surface area contributed by atoms with E-state index in [0.29, 0.717) is 17.8 Å². The number of fused-ring (bicyclic) bond motifs is 1. The predicted molar refractivity (Wildman–Crippen MR) is 66.9 cm³/mol.